The van der Waals surface area contributed by atoms with Crippen LogP contribution in [-0.2, 0) is 6.54 Å². The summed E-state index contributed by atoms with van der Waals surface area (Å²) in [4.78, 5) is 4.11. The minimum absolute atomic E-state index is 0.233. The second-order valence-corrected chi connectivity index (χ2v) is 5.70. The first-order valence-electron chi connectivity index (χ1n) is 7.51. The second kappa shape index (κ2) is 7.56. The van der Waals surface area contributed by atoms with Gasteiger partial charge in [0.25, 0.3) is 0 Å². The fraction of sp³-hybridized carbons (Fsp3) is 0.667. The smallest absolute Gasteiger partial charge is 0.391 e. The van der Waals surface area contributed by atoms with E-state index in [9.17, 15) is 13.2 Å². The summed E-state index contributed by atoms with van der Waals surface area (Å²) in [5.41, 5.74) is 1.01. The van der Waals surface area contributed by atoms with Crippen molar-refractivity contribution in [1.82, 2.24) is 10.6 Å². The Labute approximate surface area is 128 Å². The first-order valence-corrected chi connectivity index (χ1v) is 7.51. The average molecular weight is 317 g/mol. The van der Waals surface area contributed by atoms with Crippen LogP contribution in [0.3, 0.4) is 0 Å². The monoisotopic (exact) mass is 317 g/mol. The average Bonchev–Trinajstić information content (AvgIpc) is 3.00. The van der Waals surface area contributed by atoms with Crippen molar-refractivity contribution in [2.24, 2.45) is 16.8 Å². The number of nitrogens with zero attached hydrogens (tertiary/aromatic N) is 1. The van der Waals surface area contributed by atoms with Gasteiger partial charge in [-0.2, -0.15) is 13.2 Å². The first-order chi connectivity index (χ1) is 10.5. The molecule has 0 unspecified atom stereocenters. The molecule has 0 atom stereocenters. The lowest BCUT2D eigenvalue weighted by atomic mass is 9.81. The molecule has 7 heteroatoms. The molecule has 1 saturated carbocycles. The predicted molar refractivity (Wildman–Crippen MR) is 78.4 cm³/mol. The zero-order chi connectivity index (χ0) is 16.0. The quantitative estimate of drug-likeness (QED) is 0.661. The van der Waals surface area contributed by atoms with Gasteiger partial charge >= 0.3 is 6.18 Å². The maximum Gasteiger partial charge on any atom is 0.391 e. The summed E-state index contributed by atoms with van der Waals surface area (Å²) in [6, 6.07) is 1.86. The minimum atomic E-state index is -4.04. The van der Waals surface area contributed by atoms with Gasteiger partial charge in [0.1, 0.15) is 0 Å². The van der Waals surface area contributed by atoms with E-state index in [1.54, 1.807) is 19.6 Å². The molecule has 2 N–H and O–H groups in total. The van der Waals surface area contributed by atoms with Gasteiger partial charge in [0.05, 0.1) is 18.4 Å². The lowest BCUT2D eigenvalue weighted by molar-refractivity contribution is -0.183. The number of guanidine groups is 1. The molecule has 0 bridgehead atoms. The maximum atomic E-state index is 12.6. The highest BCUT2D eigenvalue weighted by Gasteiger charge is 2.41. The molecule has 1 heterocycles. The summed E-state index contributed by atoms with van der Waals surface area (Å²) in [7, 11) is 1.67. The molecule has 0 saturated heterocycles. The van der Waals surface area contributed by atoms with E-state index < -0.39 is 12.1 Å². The molecule has 0 aromatic carbocycles. The number of hydrogen-bond acceptors (Lipinski definition) is 2. The van der Waals surface area contributed by atoms with Crippen molar-refractivity contribution >= 4 is 5.96 Å². The lowest BCUT2D eigenvalue weighted by Gasteiger charge is -2.30. The SMILES string of the molecule is CN=C(NCc1ccoc1)NCC1CCC(C(F)(F)F)CC1. The Morgan fingerprint density at radius 2 is 2.00 bits per heavy atom. The van der Waals surface area contributed by atoms with Crippen molar-refractivity contribution in [2.45, 2.75) is 38.4 Å². The van der Waals surface area contributed by atoms with Crippen LogP contribution in [0.1, 0.15) is 31.2 Å². The van der Waals surface area contributed by atoms with E-state index in [2.05, 4.69) is 15.6 Å². The Kier molecular flexibility index (Phi) is 5.74. The number of halogens is 3. The number of hydrogen-bond donors (Lipinski definition) is 2. The fourth-order valence-corrected chi connectivity index (χ4v) is 2.73. The summed E-state index contributed by atoms with van der Waals surface area (Å²) < 4.78 is 42.8. The van der Waals surface area contributed by atoms with Crippen LogP contribution < -0.4 is 10.6 Å². The molecule has 1 aromatic rings. The summed E-state index contributed by atoms with van der Waals surface area (Å²) >= 11 is 0. The van der Waals surface area contributed by atoms with Gasteiger partial charge in [-0.05, 0) is 37.7 Å². The van der Waals surface area contributed by atoms with Crippen molar-refractivity contribution in [3.05, 3.63) is 24.2 Å². The second-order valence-electron chi connectivity index (χ2n) is 5.70. The Hall–Kier alpha value is -1.66. The predicted octanol–water partition coefficient (Wildman–Crippen LogP) is 3.31. The summed E-state index contributed by atoms with van der Waals surface area (Å²) in [5.74, 6) is -0.201. The van der Waals surface area contributed by atoms with Crippen LogP contribution in [0.2, 0.25) is 0 Å². The fourth-order valence-electron chi connectivity index (χ4n) is 2.73. The van der Waals surface area contributed by atoms with Gasteiger partial charge in [-0.15, -0.1) is 0 Å². The molecular weight excluding hydrogens is 295 g/mol. The molecule has 0 spiro atoms. The van der Waals surface area contributed by atoms with Crippen LogP contribution in [0, 0.1) is 11.8 Å². The van der Waals surface area contributed by atoms with Crippen molar-refractivity contribution in [1.29, 1.82) is 0 Å². The largest absolute Gasteiger partial charge is 0.472 e. The van der Waals surface area contributed by atoms with Gasteiger partial charge in [0, 0.05) is 25.7 Å². The molecule has 124 valence electrons. The van der Waals surface area contributed by atoms with Crippen molar-refractivity contribution in [2.75, 3.05) is 13.6 Å². The summed E-state index contributed by atoms with van der Waals surface area (Å²) in [5, 5.41) is 6.33. The van der Waals surface area contributed by atoms with Crippen LogP contribution in [-0.4, -0.2) is 25.7 Å². The third kappa shape index (κ3) is 4.96. The Morgan fingerprint density at radius 1 is 1.27 bits per heavy atom. The van der Waals surface area contributed by atoms with Gasteiger partial charge < -0.3 is 15.1 Å². The molecule has 1 fully saturated rings. The van der Waals surface area contributed by atoms with Crippen molar-refractivity contribution in [3.8, 4) is 0 Å². The molecule has 1 aliphatic carbocycles. The Morgan fingerprint density at radius 3 is 2.55 bits per heavy atom. The molecular formula is C15H22F3N3O. The molecule has 1 aromatic heterocycles. The van der Waals surface area contributed by atoms with Gasteiger partial charge in [-0.3, -0.25) is 4.99 Å². The highest BCUT2D eigenvalue weighted by molar-refractivity contribution is 5.79. The standard InChI is InChI=1S/C15H22F3N3O/c1-19-14(21-9-12-6-7-22-10-12)20-8-11-2-4-13(5-3-11)15(16,17)18/h6-7,10-11,13H,2-5,8-9H2,1H3,(H2,19,20,21). The van der Waals surface area contributed by atoms with Gasteiger partial charge in [0.2, 0.25) is 0 Å². The van der Waals surface area contributed by atoms with Gasteiger partial charge in [-0.1, -0.05) is 0 Å². The maximum absolute atomic E-state index is 12.6. The molecule has 0 amide bonds. The van der Waals surface area contributed by atoms with E-state index in [0.717, 1.165) is 5.56 Å². The molecule has 2 rings (SSSR count). The van der Waals surface area contributed by atoms with E-state index in [0.29, 0.717) is 31.9 Å². The van der Waals surface area contributed by atoms with Crippen LogP contribution in [0.15, 0.2) is 28.0 Å². The Balaban J connectivity index is 1.69. The first kappa shape index (κ1) is 16.7. The van der Waals surface area contributed by atoms with Gasteiger partial charge in [0.15, 0.2) is 5.96 Å². The molecule has 22 heavy (non-hydrogen) atoms. The topological polar surface area (TPSA) is 49.6 Å². The zero-order valence-corrected chi connectivity index (χ0v) is 12.6. The van der Waals surface area contributed by atoms with Crippen LogP contribution >= 0.6 is 0 Å². The summed E-state index contributed by atoms with van der Waals surface area (Å²) in [6.07, 6.45) is 0.894. The number of rotatable bonds is 4. The number of alkyl halides is 3. The number of furan rings is 1. The third-order valence-corrected chi connectivity index (χ3v) is 4.13. The number of aliphatic imine (C=N–C) groups is 1. The van der Waals surface area contributed by atoms with Crippen LogP contribution in [0.5, 0.6) is 0 Å². The lowest BCUT2D eigenvalue weighted by Crippen LogP contribution is -2.40. The van der Waals surface area contributed by atoms with Gasteiger partial charge in [-0.25, -0.2) is 0 Å². The van der Waals surface area contributed by atoms with E-state index in [-0.39, 0.29) is 18.8 Å². The van der Waals surface area contributed by atoms with Crippen molar-refractivity contribution < 1.29 is 17.6 Å². The minimum Gasteiger partial charge on any atom is -0.472 e. The molecule has 1 aliphatic rings. The van der Waals surface area contributed by atoms with E-state index >= 15 is 0 Å². The highest BCUT2D eigenvalue weighted by atomic mass is 19.4. The normalized spacial score (nSPS) is 23.4. The molecule has 4 nitrogen and oxygen atoms in total. The van der Waals surface area contributed by atoms with E-state index in [4.69, 9.17) is 4.42 Å². The van der Waals surface area contributed by atoms with Crippen molar-refractivity contribution in [3.63, 3.8) is 0 Å². The summed E-state index contributed by atoms with van der Waals surface area (Å²) in [6.45, 7) is 1.24. The number of nitrogens with one attached hydrogen (secondary N) is 2. The van der Waals surface area contributed by atoms with Crippen LogP contribution in [0.25, 0.3) is 0 Å². The third-order valence-electron chi connectivity index (χ3n) is 4.13. The molecule has 0 radical (unpaired) electrons. The zero-order valence-electron chi connectivity index (χ0n) is 12.6. The Bertz CT molecular complexity index is 463. The molecule has 0 aliphatic heterocycles. The highest BCUT2D eigenvalue weighted by Crippen LogP contribution is 2.39. The van der Waals surface area contributed by atoms with E-state index in [1.807, 2.05) is 6.07 Å². The van der Waals surface area contributed by atoms with Crippen LogP contribution in [0.4, 0.5) is 13.2 Å². The van der Waals surface area contributed by atoms with E-state index in [1.165, 1.54) is 0 Å².